The lowest BCUT2D eigenvalue weighted by molar-refractivity contribution is -0.140. The van der Waals surface area contributed by atoms with Crippen molar-refractivity contribution in [2.45, 2.75) is 19.3 Å². The van der Waals surface area contributed by atoms with Crippen molar-refractivity contribution in [3.8, 4) is 11.1 Å². The smallest absolute Gasteiger partial charge is 0.305 e. The lowest BCUT2D eigenvalue weighted by Gasteiger charge is -2.10. The van der Waals surface area contributed by atoms with Gasteiger partial charge in [-0.05, 0) is 30.0 Å². The minimum atomic E-state index is -0.175. The fourth-order valence-electron chi connectivity index (χ4n) is 2.27. The van der Waals surface area contributed by atoms with Crippen LogP contribution in [0.1, 0.15) is 18.4 Å². The molecular formula is C17H20N2O2. The van der Waals surface area contributed by atoms with E-state index in [-0.39, 0.29) is 5.97 Å². The first kappa shape index (κ1) is 14.9. The molecule has 0 unspecified atom stereocenters. The monoisotopic (exact) mass is 284 g/mol. The zero-order valence-electron chi connectivity index (χ0n) is 12.1. The summed E-state index contributed by atoms with van der Waals surface area (Å²) in [5.74, 6) is -0.175. The van der Waals surface area contributed by atoms with Gasteiger partial charge in [0.25, 0.3) is 0 Å². The number of benzene rings is 2. The second kappa shape index (κ2) is 6.79. The standard InChI is InChI=1S/C17H20N2O2/c1-21-16(20)10-3-6-12-5-2-7-13(11-12)14-8-4-9-15(18)17(14)19/h2,4-5,7-9,11H,3,6,10,18-19H2,1H3. The third kappa shape index (κ3) is 3.75. The molecule has 0 amide bonds. The van der Waals surface area contributed by atoms with Gasteiger partial charge in [0.15, 0.2) is 0 Å². The summed E-state index contributed by atoms with van der Waals surface area (Å²) in [7, 11) is 1.41. The van der Waals surface area contributed by atoms with Gasteiger partial charge in [0.05, 0.1) is 18.5 Å². The van der Waals surface area contributed by atoms with E-state index in [2.05, 4.69) is 10.8 Å². The van der Waals surface area contributed by atoms with Gasteiger partial charge in [-0.15, -0.1) is 0 Å². The Morgan fingerprint density at radius 1 is 1.14 bits per heavy atom. The Morgan fingerprint density at radius 2 is 1.90 bits per heavy atom. The summed E-state index contributed by atoms with van der Waals surface area (Å²) in [6, 6.07) is 13.8. The van der Waals surface area contributed by atoms with E-state index < -0.39 is 0 Å². The molecule has 4 nitrogen and oxygen atoms in total. The third-order valence-corrected chi connectivity index (χ3v) is 3.45. The Morgan fingerprint density at radius 3 is 2.67 bits per heavy atom. The van der Waals surface area contributed by atoms with Crippen LogP contribution in [0.3, 0.4) is 0 Å². The van der Waals surface area contributed by atoms with Gasteiger partial charge >= 0.3 is 5.97 Å². The number of anilines is 2. The summed E-state index contributed by atoms with van der Waals surface area (Å²) in [4.78, 5) is 11.1. The molecule has 0 atom stereocenters. The molecule has 0 spiro atoms. The molecular weight excluding hydrogens is 264 g/mol. The van der Waals surface area contributed by atoms with Crippen LogP contribution in [-0.2, 0) is 16.0 Å². The largest absolute Gasteiger partial charge is 0.469 e. The second-order valence-electron chi connectivity index (χ2n) is 4.94. The van der Waals surface area contributed by atoms with Crippen LogP contribution in [0.5, 0.6) is 0 Å². The maximum Gasteiger partial charge on any atom is 0.305 e. The van der Waals surface area contributed by atoms with E-state index in [0.717, 1.165) is 24.0 Å². The Kier molecular flexibility index (Phi) is 4.82. The number of carbonyl (C=O) groups is 1. The molecule has 21 heavy (non-hydrogen) atoms. The van der Waals surface area contributed by atoms with E-state index in [0.29, 0.717) is 17.8 Å². The van der Waals surface area contributed by atoms with Crippen LogP contribution in [-0.4, -0.2) is 13.1 Å². The zero-order chi connectivity index (χ0) is 15.2. The highest BCUT2D eigenvalue weighted by atomic mass is 16.5. The van der Waals surface area contributed by atoms with Gasteiger partial charge in [-0.2, -0.15) is 0 Å². The van der Waals surface area contributed by atoms with Gasteiger partial charge in [0.2, 0.25) is 0 Å². The summed E-state index contributed by atoms with van der Waals surface area (Å²) in [5.41, 5.74) is 16.2. The number of ether oxygens (including phenoxy) is 1. The van der Waals surface area contributed by atoms with E-state index in [1.54, 1.807) is 6.07 Å². The number of methoxy groups -OCH3 is 1. The van der Waals surface area contributed by atoms with Crippen LogP contribution in [0, 0.1) is 0 Å². The third-order valence-electron chi connectivity index (χ3n) is 3.45. The molecule has 4 N–H and O–H groups in total. The number of hydrogen-bond donors (Lipinski definition) is 2. The molecule has 0 aromatic heterocycles. The lowest BCUT2D eigenvalue weighted by Crippen LogP contribution is -2.00. The first-order valence-corrected chi connectivity index (χ1v) is 6.92. The van der Waals surface area contributed by atoms with E-state index in [4.69, 9.17) is 11.5 Å². The first-order chi connectivity index (χ1) is 10.1. The predicted molar refractivity (Wildman–Crippen MR) is 85.7 cm³/mol. The van der Waals surface area contributed by atoms with Crippen molar-refractivity contribution in [1.82, 2.24) is 0 Å². The van der Waals surface area contributed by atoms with Gasteiger partial charge in [0.1, 0.15) is 0 Å². The maximum atomic E-state index is 11.1. The number of esters is 1. The number of nitrogens with two attached hydrogens (primary N) is 2. The molecule has 110 valence electrons. The fraction of sp³-hybridized carbons (Fsp3) is 0.235. The molecule has 0 aliphatic rings. The summed E-state index contributed by atoms with van der Waals surface area (Å²) in [5, 5.41) is 0. The van der Waals surface area contributed by atoms with Crippen molar-refractivity contribution in [1.29, 1.82) is 0 Å². The number of nitrogen functional groups attached to an aromatic ring is 2. The molecule has 2 aromatic rings. The molecule has 0 heterocycles. The van der Waals surface area contributed by atoms with Gasteiger partial charge in [-0.1, -0.05) is 36.4 Å². The number of hydrogen-bond acceptors (Lipinski definition) is 4. The molecule has 2 rings (SSSR count). The van der Waals surface area contributed by atoms with Crippen LogP contribution in [0.4, 0.5) is 11.4 Å². The minimum absolute atomic E-state index is 0.175. The zero-order valence-corrected chi connectivity index (χ0v) is 12.1. The lowest BCUT2D eigenvalue weighted by atomic mass is 9.99. The summed E-state index contributed by atoms with van der Waals surface area (Å²) >= 11 is 0. The highest BCUT2D eigenvalue weighted by Crippen LogP contribution is 2.30. The average Bonchev–Trinajstić information content (AvgIpc) is 2.50. The van der Waals surface area contributed by atoms with Gasteiger partial charge in [0, 0.05) is 12.0 Å². The molecule has 0 aliphatic carbocycles. The second-order valence-corrected chi connectivity index (χ2v) is 4.94. The molecule has 0 saturated heterocycles. The molecule has 4 heteroatoms. The van der Waals surface area contributed by atoms with Gasteiger partial charge in [-0.25, -0.2) is 0 Å². The molecule has 0 bridgehead atoms. The molecule has 0 fully saturated rings. The Labute approximate surface area is 124 Å². The topological polar surface area (TPSA) is 78.3 Å². The predicted octanol–water partition coefficient (Wildman–Crippen LogP) is 3.01. The Bertz CT molecular complexity index is 638. The molecule has 0 aliphatic heterocycles. The van der Waals surface area contributed by atoms with Crippen molar-refractivity contribution in [2.75, 3.05) is 18.6 Å². The van der Waals surface area contributed by atoms with Crippen molar-refractivity contribution in [3.63, 3.8) is 0 Å². The molecule has 0 radical (unpaired) electrons. The van der Waals surface area contributed by atoms with Crippen LogP contribution in [0.25, 0.3) is 11.1 Å². The van der Waals surface area contributed by atoms with Gasteiger partial charge < -0.3 is 16.2 Å². The molecule has 0 saturated carbocycles. The van der Waals surface area contributed by atoms with Crippen molar-refractivity contribution < 1.29 is 9.53 Å². The van der Waals surface area contributed by atoms with Crippen molar-refractivity contribution >= 4 is 17.3 Å². The number of para-hydroxylation sites is 1. The van der Waals surface area contributed by atoms with Crippen LogP contribution in [0.2, 0.25) is 0 Å². The van der Waals surface area contributed by atoms with Crippen LogP contribution in [0.15, 0.2) is 42.5 Å². The van der Waals surface area contributed by atoms with Gasteiger partial charge in [-0.3, -0.25) is 4.79 Å². The Balaban J connectivity index is 2.14. The van der Waals surface area contributed by atoms with Crippen LogP contribution >= 0.6 is 0 Å². The highest BCUT2D eigenvalue weighted by Gasteiger charge is 2.06. The Hall–Kier alpha value is -2.49. The number of aryl methyl sites for hydroxylation is 1. The average molecular weight is 284 g/mol. The summed E-state index contributed by atoms with van der Waals surface area (Å²) in [6.07, 6.45) is 2.02. The van der Waals surface area contributed by atoms with E-state index in [1.165, 1.54) is 12.7 Å². The van der Waals surface area contributed by atoms with Crippen molar-refractivity contribution in [3.05, 3.63) is 48.0 Å². The SMILES string of the molecule is COC(=O)CCCc1cccc(-c2cccc(N)c2N)c1. The number of rotatable bonds is 5. The highest BCUT2D eigenvalue weighted by molar-refractivity contribution is 5.84. The molecule has 2 aromatic carbocycles. The van der Waals surface area contributed by atoms with E-state index in [1.807, 2.05) is 30.3 Å². The summed E-state index contributed by atoms with van der Waals surface area (Å²) < 4.78 is 4.64. The van der Waals surface area contributed by atoms with E-state index >= 15 is 0 Å². The number of carbonyl (C=O) groups excluding carboxylic acids is 1. The summed E-state index contributed by atoms with van der Waals surface area (Å²) in [6.45, 7) is 0. The fourth-order valence-corrected chi connectivity index (χ4v) is 2.27. The first-order valence-electron chi connectivity index (χ1n) is 6.92. The van der Waals surface area contributed by atoms with E-state index in [9.17, 15) is 4.79 Å². The van der Waals surface area contributed by atoms with Crippen LogP contribution < -0.4 is 11.5 Å². The normalized spacial score (nSPS) is 10.3. The minimum Gasteiger partial charge on any atom is -0.469 e. The maximum absolute atomic E-state index is 11.1. The van der Waals surface area contributed by atoms with Crippen molar-refractivity contribution in [2.24, 2.45) is 0 Å². The quantitative estimate of drug-likeness (QED) is 0.653.